The van der Waals surface area contributed by atoms with Gasteiger partial charge in [0.05, 0.1) is 42.1 Å². The molecule has 0 aromatic heterocycles. The lowest BCUT2D eigenvalue weighted by atomic mass is 9.72. The fourth-order valence-corrected chi connectivity index (χ4v) is 5.84. The van der Waals surface area contributed by atoms with Gasteiger partial charge in [-0.1, -0.05) is 19.1 Å². The first-order valence-electron chi connectivity index (χ1n) is 12.7. The SMILES string of the molecule is COc1cccc2c1C(=O)c1c(O)c3c(c(O)c1C2=O)CC(O)(C(C)=O)CC3OC1OC(C)C(O)C(N)C1C.Cl. The molecule has 3 aliphatic rings. The molecule has 216 valence electrons. The Balaban J connectivity index is 0.00000370. The average Bonchev–Trinajstić information content (AvgIpc) is 2.90. The second-order valence-corrected chi connectivity index (χ2v) is 10.6. The van der Waals surface area contributed by atoms with Crippen molar-refractivity contribution in [3.8, 4) is 17.2 Å². The van der Waals surface area contributed by atoms with Gasteiger partial charge >= 0.3 is 0 Å². The lowest BCUT2D eigenvalue weighted by Crippen LogP contribution is -2.57. The fraction of sp³-hybridized carbons (Fsp3) is 0.464. The molecule has 1 aliphatic heterocycles. The highest BCUT2D eigenvalue weighted by atomic mass is 35.5. The van der Waals surface area contributed by atoms with Gasteiger partial charge in [-0.2, -0.15) is 0 Å². The molecule has 7 unspecified atom stereocenters. The van der Waals surface area contributed by atoms with Crippen molar-refractivity contribution in [1.29, 1.82) is 0 Å². The van der Waals surface area contributed by atoms with Crippen molar-refractivity contribution in [2.24, 2.45) is 11.7 Å². The number of hydrogen-bond donors (Lipinski definition) is 5. The van der Waals surface area contributed by atoms with Gasteiger partial charge in [-0.3, -0.25) is 14.4 Å². The van der Waals surface area contributed by atoms with Crippen LogP contribution in [-0.4, -0.2) is 75.0 Å². The van der Waals surface area contributed by atoms with Gasteiger partial charge in [-0.05, 0) is 19.9 Å². The van der Waals surface area contributed by atoms with E-state index in [4.69, 9.17) is 19.9 Å². The van der Waals surface area contributed by atoms with Crippen molar-refractivity contribution in [1.82, 2.24) is 0 Å². The van der Waals surface area contributed by atoms with Crippen LogP contribution >= 0.6 is 12.4 Å². The number of carbonyl (C=O) groups excluding carboxylic acids is 3. The molecule has 7 atom stereocenters. The molecular formula is C28H32ClNO10. The number of phenols is 2. The zero-order valence-electron chi connectivity index (χ0n) is 22.3. The predicted octanol–water partition coefficient (Wildman–Crippen LogP) is 1.70. The van der Waals surface area contributed by atoms with Crippen LogP contribution in [0.1, 0.15) is 76.3 Å². The summed E-state index contributed by atoms with van der Waals surface area (Å²) >= 11 is 0. The predicted molar refractivity (Wildman–Crippen MR) is 142 cm³/mol. The Morgan fingerprint density at radius 2 is 1.75 bits per heavy atom. The Kier molecular flexibility index (Phi) is 7.78. The summed E-state index contributed by atoms with van der Waals surface area (Å²) in [6, 6.07) is 3.72. The number of aliphatic hydroxyl groups excluding tert-OH is 1. The largest absolute Gasteiger partial charge is 0.507 e. The van der Waals surface area contributed by atoms with Gasteiger partial charge in [0.25, 0.3) is 0 Å². The molecule has 1 heterocycles. The minimum atomic E-state index is -2.01. The van der Waals surface area contributed by atoms with Crippen LogP contribution in [-0.2, 0) is 20.7 Å². The second kappa shape index (κ2) is 10.4. The van der Waals surface area contributed by atoms with Gasteiger partial charge in [-0.15, -0.1) is 12.4 Å². The fourth-order valence-electron chi connectivity index (χ4n) is 5.84. The lowest BCUT2D eigenvalue weighted by Gasteiger charge is -2.44. The molecule has 0 bridgehead atoms. The Hall–Kier alpha value is -3.06. The second-order valence-electron chi connectivity index (χ2n) is 10.6. The molecule has 2 aromatic rings. The van der Waals surface area contributed by atoms with Crippen molar-refractivity contribution in [3.05, 3.63) is 51.6 Å². The molecule has 0 amide bonds. The number of methoxy groups -OCH3 is 1. The smallest absolute Gasteiger partial charge is 0.202 e. The zero-order valence-corrected chi connectivity index (χ0v) is 23.2. The molecule has 0 spiro atoms. The zero-order chi connectivity index (χ0) is 28.5. The summed E-state index contributed by atoms with van der Waals surface area (Å²) in [5.74, 6) is -3.73. The third-order valence-electron chi connectivity index (χ3n) is 8.29. The Morgan fingerprint density at radius 1 is 1.10 bits per heavy atom. The first-order chi connectivity index (χ1) is 18.3. The number of aliphatic hydroxyl groups is 2. The van der Waals surface area contributed by atoms with E-state index in [1.54, 1.807) is 13.8 Å². The number of carbonyl (C=O) groups is 3. The molecule has 40 heavy (non-hydrogen) atoms. The molecule has 12 heteroatoms. The summed E-state index contributed by atoms with van der Waals surface area (Å²) in [5.41, 5.74) is 3.10. The van der Waals surface area contributed by atoms with Gasteiger partial charge in [0.1, 0.15) is 22.8 Å². The number of benzene rings is 2. The maximum atomic E-state index is 13.7. The molecular weight excluding hydrogens is 546 g/mol. The third kappa shape index (κ3) is 4.28. The summed E-state index contributed by atoms with van der Waals surface area (Å²) in [5, 5.41) is 44.5. The average molecular weight is 578 g/mol. The van der Waals surface area contributed by atoms with Gasteiger partial charge in [0.2, 0.25) is 5.78 Å². The van der Waals surface area contributed by atoms with E-state index >= 15 is 0 Å². The van der Waals surface area contributed by atoms with Gasteiger partial charge < -0.3 is 40.4 Å². The van der Waals surface area contributed by atoms with E-state index in [2.05, 4.69) is 0 Å². The van der Waals surface area contributed by atoms with Crippen molar-refractivity contribution < 1.29 is 49.0 Å². The van der Waals surface area contributed by atoms with Crippen molar-refractivity contribution in [3.63, 3.8) is 0 Å². The minimum Gasteiger partial charge on any atom is -0.507 e. The van der Waals surface area contributed by atoms with Crippen LogP contribution in [0.3, 0.4) is 0 Å². The van der Waals surface area contributed by atoms with Crippen LogP contribution < -0.4 is 10.5 Å². The number of Topliss-reactive ketones (excluding diaryl/α,β-unsaturated/α-hetero) is 1. The van der Waals surface area contributed by atoms with Crippen LogP contribution in [0.25, 0.3) is 0 Å². The molecule has 5 rings (SSSR count). The minimum absolute atomic E-state index is 0. The highest BCUT2D eigenvalue weighted by Crippen LogP contribution is 2.52. The maximum absolute atomic E-state index is 13.7. The van der Waals surface area contributed by atoms with E-state index in [1.807, 2.05) is 0 Å². The van der Waals surface area contributed by atoms with E-state index < -0.39 is 88.6 Å². The number of hydrogen-bond acceptors (Lipinski definition) is 11. The van der Waals surface area contributed by atoms with E-state index in [0.717, 1.165) is 0 Å². The molecule has 6 N–H and O–H groups in total. The Morgan fingerprint density at radius 3 is 2.38 bits per heavy atom. The van der Waals surface area contributed by atoms with E-state index in [-0.39, 0.29) is 46.8 Å². The van der Waals surface area contributed by atoms with Crippen LogP contribution in [0, 0.1) is 5.92 Å². The molecule has 2 aliphatic carbocycles. The number of halogens is 1. The number of fused-ring (bicyclic) bond motifs is 3. The van der Waals surface area contributed by atoms with E-state index in [1.165, 1.54) is 32.2 Å². The summed E-state index contributed by atoms with van der Waals surface area (Å²) in [6.07, 6.45) is -4.70. The van der Waals surface area contributed by atoms with Crippen molar-refractivity contribution in [2.75, 3.05) is 7.11 Å². The van der Waals surface area contributed by atoms with Gasteiger partial charge in [-0.25, -0.2) is 0 Å². The molecule has 11 nitrogen and oxygen atoms in total. The van der Waals surface area contributed by atoms with Crippen LogP contribution in [0.15, 0.2) is 18.2 Å². The highest BCUT2D eigenvalue weighted by Gasteiger charge is 2.50. The quantitative estimate of drug-likeness (QED) is 0.284. The van der Waals surface area contributed by atoms with Crippen LogP contribution in [0.4, 0.5) is 0 Å². The molecule has 1 fully saturated rings. The monoisotopic (exact) mass is 577 g/mol. The summed E-state index contributed by atoms with van der Waals surface area (Å²) in [7, 11) is 1.34. The first kappa shape index (κ1) is 29.9. The Labute approximate surface area is 236 Å². The number of rotatable bonds is 4. The topological polar surface area (TPSA) is 186 Å². The first-order valence-corrected chi connectivity index (χ1v) is 12.7. The normalized spacial score (nSPS) is 31.0. The summed E-state index contributed by atoms with van der Waals surface area (Å²) < 4.78 is 17.3. The highest BCUT2D eigenvalue weighted by molar-refractivity contribution is 6.31. The van der Waals surface area contributed by atoms with Crippen LogP contribution in [0.2, 0.25) is 0 Å². The molecule has 1 saturated heterocycles. The van der Waals surface area contributed by atoms with Crippen molar-refractivity contribution in [2.45, 2.75) is 69.9 Å². The van der Waals surface area contributed by atoms with Gasteiger partial charge in [0, 0.05) is 41.5 Å². The lowest BCUT2D eigenvalue weighted by molar-refractivity contribution is -0.269. The number of phenolic OH excluding ortho intramolecular Hbond substituents is 2. The third-order valence-corrected chi connectivity index (χ3v) is 8.29. The van der Waals surface area contributed by atoms with Crippen molar-refractivity contribution >= 4 is 29.8 Å². The Bertz CT molecular complexity index is 1410. The summed E-state index contributed by atoms with van der Waals surface area (Å²) in [4.78, 5) is 39.8. The van der Waals surface area contributed by atoms with Crippen LogP contribution in [0.5, 0.6) is 17.2 Å². The maximum Gasteiger partial charge on any atom is 0.202 e. The number of nitrogens with two attached hydrogens (primary N) is 1. The van der Waals surface area contributed by atoms with E-state index in [9.17, 15) is 34.8 Å². The molecule has 0 radical (unpaired) electrons. The standard InChI is InChI=1S/C28H31NO10.ClH/c1-10-21(29)22(31)11(2)38-27(10)39-16-9-28(36,12(3)30)8-14-18(16)26(35)20-19(24(14)33)23(32)13-6-5-7-15(37-4)17(13)25(20)34;/h5-7,10-11,16,21-22,27,31,33,35-36H,8-9,29H2,1-4H3;1H. The van der Waals surface area contributed by atoms with E-state index in [0.29, 0.717) is 0 Å². The number of aromatic hydroxyl groups is 2. The van der Waals surface area contributed by atoms with Gasteiger partial charge in [0.15, 0.2) is 17.9 Å². The molecule has 2 aromatic carbocycles. The molecule has 0 saturated carbocycles. The number of ketones is 3. The number of ether oxygens (including phenoxy) is 3. The summed E-state index contributed by atoms with van der Waals surface area (Å²) in [6.45, 7) is 4.49.